The van der Waals surface area contributed by atoms with Crippen molar-refractivity contribution in [1.29, 1.82) is 0 Å². The molecular weight excluding hydrogens is 803 g/mol. The van der Waals surface area contributed by atoms with Gasteiger partial charge in [-0.2, -0.15) is 0 Å². The van der Waals surface area contributed by atoms with E-state index >= 15 is 0 Å². The van der Waals surface area contributed by atoms with Gasteiger partial charge in [-0.15, -0.1) is 0 Å². The number of aliphatic hydroxyl groups excluding tert-OH is 2. The van der Waals surface area contributed by atoms with Crippen LogP contribution in [0.25, 0.3) is 0 Å². The highest BCUT2D eigenvalue weighted by Crippen LogP contribution is 2.17. The van der Waals surface area contributed by atoms with Gasteiger partial charge in [0.2, 0.25) is 5.91 Å². The molecule has 0 radical (unpaired) electrons. The zero-order chi connectivity index (χ0) is 47.2. The Hall–Kier alpha value is -1.66. The van der Waals surface area contributed by atoms with Crippen molar-refractivity contribution >= 4 is 11.9 Å². The van der Waals surface area contributed by atoms with Crippen LogP contribution >= 0.6 is 0 Å². The van der Waals surface area contributed by atoms with Gasteiger partial charge in [0.15, 0.2) is 0 Å². The summed E-state index contributed by atoms with van der Waals surface area (Å²) in [6.45, 7) is 4.91. The highest BCUT2D eigenvalue weighted by atomic mass is 16.5. The number of carbonyl (C=O) groups is 2. The van der Waals surface area contributed by atoms with Crippen molar-refractivity contribution in [2.45, 2.75) is 328 Å². The monoisotopic (exact) mass is 916 g/mol. The van der Waals surface area contributed by atoms with Crippen molar-refractivity contribution in [3.63, 3.8) is 0 Å². The Morgan fingerprint density at radius 2 is 0.723 bits per heavy atom. The van der Waals surface area contributed by atoms with Crippen LogP contribution in [0.15, 0.2) is 24.3 Å². The Bertz CT molecular complexity index is 1010. The first-order valence-electron chi connectivity index (χ1n) is 29.1. The molecule has 0 aromatic heterocycles. The predicted octanol–water partition coefficient (Wildman–Crippen LogP) is 17.9. The maximum Gasteiger partial charge on any atom is 0.305 e. The molecule has 2 atom stereocenters. The second-order valence-corrected chi connectivity index (χ2v) is 20.0. The van der Waals surface area contributed by atoms with Gasteiger partial charge in [0.25, 0.3) is 0 Å². The van der Waals surface area contributed by atoms with Gasteiger partial charge < -0.3 is 20.3 Å². The van der Waals surface area contributed by atoms with Crippen molar-refractivity contribution in [2.75, 3.05) is 13.2 Å². The number of allylic oxidation sites excluding steroid dienone is 4. The second-order valence-electron chi connectivity index (χ2n) is 20.0. The van der Waals surface area contributed by atoms with Gasteiger partial charge in [-0.1, -0.05) is 244 Å². The number of nitrogens with one attached hydrogen (secondary N) is 1. The summed E-state index contributed by atoms with van der Waals surface area (Å²) in [6.07, 6.45) is 65.9. The minimum atomic E-state index is -0.681. The number of carbonyl (C=O) groups excluding carboxylic acids is 2. The SMILES string of the molecule is CCCCCCCCC/C=C\CCCCCCCCCC(=O)OCCCCC/C=C\CCCCCCCC(=O)NC(CO)C(O)CCCCCCCCCCCCCCCCCCCC. The van der Waals surface area contributed by atoms with Gasteiger partial charge in [0.1, 0.15) is 0 Å². The van der Waals surface area contributed by atoms with E-state index in [-0.39, 0.29) is 18.5 Å². The summed E-state index contributed by atoms with van der Waals surface area (Å²) in [5.41, 5.74) is 0. The maximum absolute atomic E-state index is 12.5. The van der Waals surface area contributed by atoms with Crippen LogP contribution < -0.4 is 5.32 Å². The molecule has 0 aliphatic heterocycles. The zero-order valence-electron chi connectivity index (χ0n) is 43.7. The lowest BCUT2D eigenvalue weighted by Gasteiger charge is -2.22. The first-order chi connectivity index (χ1) is 32.0. The van der Waals surface area contributed by atoms with E-state index in [1.807, 2.05) is 0 Å². The highest BCUT2D eigenvalue weighted by molar-refractivity contribution is 5.76. The molecule has 6 nitrogen and oxygen atoms in total. The van der Waals surface area contributed by atoms with Crippen LogP contribution in [0, 0.1) is 0 Å². The first-order valence-corrected chi connectivity index (χ1v) is 29.1. The molecule has 0 saturated heterocycles. The Kier molecular flexibility index (Phi) is 53.5. The van der Waals surface area contributed by atoms with Gasteiger partial charge >= 0.3 is 5.97 Å². The van der Waals surface area contributed by atoms with E-state index < -0.39 is 12.1 Å². The van der Waals surface area contributed by atoms with Crippen LogP contribution in [0.4, 0.5) is 0 Å². The van der Waals surface area contributed by atoms with E-state index in [0.29, 0.717) is 25.9 Å². The zero-order valence-corrected chi connectivity index (χ0v) is 43.7. The summed E-state index contributed by atoms with van der Waals surface area (Å²) in [5, 5.41) is 23.3. The standard InChI is InChI=1S/C59H113NO5/c1-3-5-7-9-11-13-15-17-19-21-23-25-27-31-35-39-43-47-51-57(62)56(55-61)60-58(63)52-48-44-40-36-32-29-30-34-38-42-46-50-54-65-59(64)53-49-45-41-37-33-28-26-24-22-20-18-16-14-12-10-8-6-4-2/h20,22,30,34,56-57,61-62H,3-19,21,23-29,31-33,35-55H2,1-2H3,(H,60,63)/b22-20-,34-30-. The van der Waals surface area contributed by atoms with E-state index in [1.165, 1.54) is 205 Å². The fourth-order valence-corrected chi connectivity index (χ4v) is 8.98. The molecule has 0 rings (SSSR count). The Morgan fingerprint density at radius 1 is 0.415 bits per heavy atom. The van der Waals surface area contributed by atoms with Gasteiger partial charge in [-0.3, -0.25) is 9.59 Å². The van der Waals surface area contributed by atoms with Crippen LogP contribution in [0.3, 0.4) is 0 Å². The average Bonchev–Trinajstić information content (AvgIpc) is 3.31. The third kappa shape index (κ3) is 51.6. The lowest BCUT2D eigenvalue weighted by molar-refractivity contribution is -0.143. The fourth-order valence-electron chi connectivity index (χ4n) is 8.98. The van der Waals surface area contributed by atoms with Crippen LogP contribution in [0.5, 0.6) is 0 Å². The van der Waals surface area contributed by atoms with Crippen molar-refractivity contribution in [2.24, 2.45) is 0 Å². The average molecular weight is 917 g/mol. The molecule has 0 heterocycles. The van der Waals surface area contributed by atoms with Crippen LogP contribution in [0.1, 0.15) is 316 Å². The molecule has 6 heteroatoms. The molecule has 0 aliphatic carbocycles. The summed E-state index contributed by atoms with van der Waals surface area (Å²) in [6, 6.07) is -0.561. The molecule has 0 fully saturated rings. The van der Waals surface area contributed by atoms with Crippen LogP contribution in [0.2, 0.25) is 0 Å². The molecule has 384 valence electrons. The number of hydrogen-bond acceptors (Lipinski definition) is 5. The van der Waals surface area contributed by atoms with Gasteiger partial charge in [-0.05, 0) is 83.5 Å². The number of aliphatic hydroxyl groups is 2. The number of rotatable bonds is 54. The lowest BCUT2D eigenvalue weighted by Crippen LogP contribution is -2.45. The lowest BCUT2D eigenvalue weighted by atomic mass is 10.0. The summed E-state index contributed by atoms with van der Waals surface area (Å²) in [7, 11) is 0. The molecule has 2 unspecified atom stereocenters. The molecule has 0 aromatic rings. The number of hydrogen-bond donors (Lipinski definition) is 3. The van der Waals surface area contributed by atoms with Gasteiger partial charge in [-0.25, -0.2) is 0 Å². The Labute approximate surface area is 405 Å². The quantitative estimate of drug-likeness (QED) is 0.0321. The van der Waals surface area contributed by atoms with E-state index in [9.17, 15) is 19.8 Å². The van der Waals surface area contributed by atoms with Gasteiger partial charge in [0.05, 0.1) is 25.4 Å². The van der Waals surface area contributed by atoms with E-state index in [1.54, 1.807) is 0 Å². The molecule has 0 aliphatic rings. The van der Waals surface area contributed by atoms with Crippen LogP contribution in [-0.4, -0.2) is 47.4 Å². The van der Waals surface area contributed by atoms with Crippen molar-refractivity contribution in [3.05, 3.63) is 24.3 Å². The predicted molar refractivity (Wildman–Crippen MR) is 283 cm³/mol. The highest BCUT2D eigenvalue weighted by Gasteiger charge is 2.20. The molecule has 3 N–H and O–H groups in total. The molecule has 0 bridgehead atoms. The maximum atomic E-state index is 12.5. The summed E-state index contributed by atoms with van der Waals surface area (Å²) in [5.74, 6) is -0.0839. The minimum Gasteiger partial charge on any atom is -0.466 e. The van der Waals surface area contributed by atoms with Crippen molar-refractivity contribution in [3.8, 4) is 0 Å². The summed E-state index contributed by atoms with van der Waals surface area (Å²) in [4.78, 5) is 24.6. The Morgan fingerprint density at radius 3 is 1.09 bits per heavy atom. The molecule has 0 saturated carbocycles. The number of esters is 1. The van der Waals surface area contributed by atoms with E-state index in [0.717, 1.165) is 77.0 Å². The molecule has 1 amide bonds. The number of ether oxygens (including phenoxy) is 1. The number of amides is 1. The normalized spacial score (nSPS) is 12.7. The second kappa shape index (κ2) is 54.9. The molecule has 0 aromatic carbocycles. The number of unbranched alkanes of at least 4 members (excludes halogenated alkanes) is 39. The third-order valence-electron chi connectivity index (χ3n) is 13.5. The van der Waals surface area contributed by atoms with E-state index in [4.69, 9.17) is 4.74 Å². The third-order valence-corrected chi connectivity index (χ3v) is 13.5. The first kappa shape index (κ1) is 63.3. The summed E-state index contributed by atoms with van der Waals surface area (Å²) >= 11 is 0. The summed E-state index contributed by atoms with van der Waals surface area (Å²) < 4.78 is 5.46. The van der Waals surface area contributed by atoms with Gasteiger partial charge in [0, 0.05) is 12.8 Å². The molecular formula is C59H113NO5. The van der Waals surface area contributed by atoms with Crippen molar-refractivity contribution in [1.82, 2.24) is 5.32 Å². The fraction of sp³-hybridized carbons (Fsp3) is 0.898. The topological polar surface area (TPSA) is 95.9 Å². The largest absolute Gasteiger partial charge is 0.466 e. The van der Waals surface area contributed by atoms with Crippen LogP contribution in [-0.2, 0) is 14.3 Å². The van der Waals surface area contributed by atoms with Crippen molar-refractivity contribution < 1.29 is 24.5 Å². The molecule has 65 heavy (non-hydrogen) atoms. The minimum absolute atomic E-state index is 0.0251. The Balaban J connectivity index is 3.49. The van der Waals surface area contributed by atoms with E-state index in [2.05, 4.69) is 43.5 Å². The smallest absolute Gasteiger partial charge is 0.305 e. The molecule has 0 spiro atoms.